The third kappa shape index (κ3) is 27.9. The van der Waals surface area contributed by atoms with Gasteiger partial charge < -0.3 is 15.0 Å². The molecule has 0 radical (unpaired) electrons. The Morgan fingerprint density at radius 3 is 1.03 bits per heavy atom. The summed E-state index contributed by atoms with van der Waals surface area (Å²) >= 11 is 11.0. The summed E-state index contributed by atoms with van der Waals surface area (Å²) in [7, 11) is 4.11. The van der Waals surface area contributed by atoms with Crippen molar-refractivity contribution < 1.29 is 5.11 Å². The summed E-state index contributed by atoms with van der Waals surface area (Å²) in [6, 6.07) is 131. The number of benzene rings is 14. The van der Waals surface area contributed by atoms with Crippen LogP contribution in [-0.4, -0.2) is 24.2 Å². The fourth-order valence-corrected chi connectivity index (χ4v) is 13.0. The first-order valence-electron chi connectivity index (χ1n) is 37.6. The smallest absolute Gasteiger partial charge is 0.0681 e. The summed E-state index contributed by atoms with van der Waals surface area (Å²) in [5.41, 5.74) is 32.8. The van der Waals surface area contributed by atoms with Gasteiger partial charge in [0.05, 0.1) is 6.61 Å². The summed E-state index contributed by atoms with van der Waals surface area (Å²) < 4.78 is 1.12. The molecule has 558 valence electrons. The number of thiophene rings is 1. The predicted octanol–water partition coefficient (Wildman–Crippen LogP) is 30.3. The van der Waals surface area contributed by atoms with E-state index in [1.54, 1.807) is 11.3 Å². The van der Waals surface area contributed by atoms with E-state index in [1.165, 1.54) is 149 Å². The van der Waals surface area contributed by atoms with Gasteiger partial charge in [-0.25, -0.2) is 0 Å². The number of aryl methyl sites for hydroxylation is 10. The Labute approximate surface area is 679 Å². The van der Waals surface area contributed by atoms with Gasteiger partial charge in [0.25, 0.3) is 0 Å². The Bertz CT molecular complexity index is 4990. The zero-order valence-corrected chi connectivity index (χ0v) is 69.2. The summed E-state index contributed by atoms with van der Waals surface area (Å²) in [5, 5.41) is 9.68. The molecule has 0 amide bonds. The van der Waals surface area contributed by atoms with Crippen LogP contribution in [0.3, 0.4) is 0 Å². The highest BCUT2D eigenvalue weighted by Gasteiger charge is 2.05. The average molecular weight is 1560 g/mol. The minimum absolute atomic E-state index is 0.115. The Morgan fingerprint density at radius 1 is 0.306 bits per heavy atom. The first-order valence-corrected chi connectivity index (χ1v) is 39.6. The zero-order chi connectivity index (χ0) is 78.9. The number of hydrogen-bond acceptors (Lipinski definition) is 3. The molecule has 2 aromatic heterocycles. The number of rotatable bonds is 10. The minimum atomic E-state index is 0.115. The van der Waals surface area contributed by atoms with Gasteiger partial charge in [0.2, 0.25) is 0 Å². The molecular formula is C105H102BrClN2OS. The number of aliphatic hydroxyl groups excluding tert-OH is 1. The van der Waals surface area contributed by atoms with Crippen molar-refractivity contribution in [3.05, 3.63) is 446 Å². The minimum Gasteiger partial charge on any atom is -0.392 e. The standard InChI is InChI=1S/C15H17N.2C14H14.C13H11Br.C13H11Cl.C13H12.C12H12OS.C11H11N/c1-12-4-6-13(7-5-12)14-8-10-15(11-9-14)16(2)3;1-11-3-7-13(8-4-11)14-9-5-12(2)6-10-14;1-11-7-9-13(10-8-11)14-6-4-3-5-12(14)2;2*1-10-2-4-11(5-3-10)12-6-8-13(14)9-7-12;1-11-6-5-9-13(10-11)12-7-3-2-4-8-12;1-9-2-7-12(14-9)11-5-3-10(8-13)4-6-11;1-9-7-8-11(12-9)10-5-3-2-4-6-10/h4-11H,1-3H3;2*3-10H,1-2H3;2*2-9H,1H3;2-10H,1H3;2-7,13H,8H2,1H3;2-8,12H,1H3. The highest BCUT2D eigenvalue weighted by Crippen LogP contribution is 2.30. The molecule has 0 aliphatic carbocycles. The molecule has 0 aliphatic rings. The SMILES string of the molecule is Cc1ccc(-c2ccc(Br)cc2)cc1.Cc1ccc(-c2ccc(C)cc2)cc1.Cc1ccc(-c2ccc(CO)cc2)s1.Cc1ccc(-c2ccc(Cl)cc2)cc1.Cc1ccc(-c2ccc(N(C)C)cc2)cc1.Cc1ccc(-c2ccccc2)[nH]1.Cc1ccc(-c2ccccc2C)cc1.Cc1cccc(-c2ccccc2)c1. The third-order valence-corrected chi connectivity index (χ3v) is 20.2. The van der Waals surface area contributed by atoms with Gasteiger partial charge in [-0.3, -0.25) is 0 Å². The molecule has 16 aromatic rings. The maximum atomic E-state index is 8.91. The normalized spacial score (nSPS) is 10.2. The second kappa shape index (κ2) is 43.7. The fraction of sp³-hybridized carbons (Fsp3) is 0.124. The molecule has 0 unspecified atom stereocenters. The molecule has 6 heteroatoms. The lowest BCUT2D eigenvalue weighted by molar-refractivity contribution is 0.282. The van der Waals surface area contributed by atoms with Gasteiger partial charge in [-0.1, -0.05) is 382 Å². The van der Waals surface area contributed by atoms with Crippen molar-refractivity contribution in [2.75, 3.05) is 19.0 Å². The number of H-pyrrole nitrogens is 1. The molecule has 16 rings (SSSR count). The quantitative estimate of drug-likeness (QED) is 0.143. The number of anilines is 1. The predicted molar refractivity (Wildman–Crippen MR) is 488 cm³/mol. The lowest BCUT2D eigenvalue weighted by atomic mass is 10.00. The summed E-state index contributed by atoms with van der Waals surface area (Å²) in [6.07, 6.45) is 0. The van der Waals surface area contributed by atoms with Crippen molar-refractivity contribution in [2.45, 2.75) is 75.8 Å². The molecule has 111 heavy (non-hydrogen) atoms. The van der Waals surface area contributed by atoms with Crippen molar-refractivity contribution in [1.29, 1.82) is 0 Å². The lowest BCUT2D eigenvalue weighted by Gasteiger charge is -2.12. The van der Waals surface area contributed by atoms with Crippen LogP contribution in [-0.2, 0) is 6.61 Å². The van der Waals surface area contributed by atoms with E-state index < -0.39 is 0 Å². The fourth-order valence-electron chi connectivity index (χ4n) is 11.7. The maximum absolute atomic E-state index is 8.91. The highest BCUT2D eigenvalue weighted by molar-refractivity contribution is 9.10. The van der Waals surface area contributed by atoms with E-state index >= 15 is 0 Å². The van der Waals surface area contributed by atoms with Gasteiger partial charge in [0.1, 0.15) is 0 Å². The molecule has 0 bridgehead atoms. The second-order valence-corrected chi connectivity index (χ2v) is 30.5. The Hall–Kier alpha value is -11.4. The number of aromatic nitrogens is 1. The molecule has 0 saturated carbocycles. The molecule has 0 fully saturated rings. The van der Waals surface area contributed by atoms with Crippen LogP contribution in [0, 0.1) is 69.2 Å². The lowest BCUT2D eigenvalue weighted by Crippen LogP contribution is -2.07. The van der Waals surface area contributed by atoms with Crippen LogP contribution in [0.25, 0.3) is 88.5 Å². The molecule has 0 spiro atoms. The van der Waals surface area contributed by atoms with E-state index in [2.05, 4.69) is 425 Å². The van der Waals surface area contributed by atoms with Crippen LogP contribution in [0.1, 0.15) is 60.6 Å². The summed E-state index contributed by atoms with van der Waals surface area (Å²) in [4.78, 5) is 8.01. The number of aromatic amines is 1. The number of hydrogen-bond donors (Lipinski definition) is 2. The third-order valence-electron chi connectivity index (χ3n) is 18.4. The van der Waals surface area contributed by atoms with E-state index in [4.69, 9.17) is 16.7 Å². The highest BCUT2D eigenvalue weighted by atomic mass is 79.9. The zero-order valence-electron chi connectivity index (χ0n) is 66.1. The van der Waals surface area contributed by atoms with Gasteiger partial charge in [-0.2, -0.15) is 0 Å². The van der Waals surface area contributed by atoms with Gasteiger partial charge in [-0.15, -0.1) is 11.3 Å². The van der Waals surface area contributed by atoms with Crippen LogP contribution in [0.2, 0.25) is 5.02 Å². The van der Waals surface area contributed by atoms with Crippen LogP contribution in [0.15, 0.2) is 381 Å². The van der Waals surface area contributed by atoms with Crippen molar-refractivity contribution in [3.63, 3.8) is 0 Å². The number of nitrogens with zero attached hydrogens (tertiary/aromatic N) is 1. The molecule has 0 aliphatic heterocycles. The largest absolute Gasteiger partial charge is 0.392 e. The number of nitrogens with one attached hydrogen (secondary N) is 1. The van der Waals surface area contributed by atoms with Crippen molar-refractivity contribution >= 4 is 44.6 Å². The van der Waals surface area contributed by atoms with Crippen LogP contribution in [0.5, 0.6) is 0 Å². The van der Waals surface area contributed by atoms with E-state index in [0.29, 0.717) is 0 Å². The maximum Gasteiger partial charge on any atom is 0.0681 e. The van der Waals surface area contributed by atoms with E-state index in [9.17, 15) is 0 Å². The van der Waals surface area contributed by atoms with Crippen molar-refractivity contribution in [1.82, 2.24) is 4.98 Å². The van der Waals surface area contributed by atoms with E-state index in [-0.39, 0.29) is 6.61 Å². The molecule has 0 atom stereocenters. The molecule has 0 saturated heterocycles. The van der Waals surface area contributed by atoms with Crippen molar-refractivity contribution in [3.8, 4) is 88.5 Å². The number of halogens is 2. The van der Waals surface area contributed by atoms with E-state index in [0.717, 1.165) is 15.1 Å². The first-order chi connectivity index (χ1) is 53.7. The van der Waals surface area contributed by atoms with Crippen LogP contribution in [0.4, 0.5) is 5.69 Å². The van der Waals surface area contributed by atoms with Gasteiger partial charge in [0, 0.05) is 50.4 Å². The van der Waals surface area contributed by atoms with Crippen molar-refractivity contribution in [2.24, 2.45) is 0 Å². The molecule has 14 aromatic carbocycles. The molecular weight excluding hydrogens is 1450 g/mol. The molecule has 3 nitrogen and oxygen atoms in total. The Morgan fingerprint density at radius 2 is 0.658 bits per heavy atom. The monoisotopic (exact) mass is 1550 g/mol. The van der Waals surface area contributed by atoms with E-state index in [1.807, 2.05) is 60.7 Å². The Kier molecular flexibility index (Phi) is 32.9. The van der Waals surface area contributed by atoms with Gasteiger partial charge >= 0.3 is 0 Å². The van der Waals surface area contributed by atoms with Crippen LogP contribution >= 0.6 is 38.9 Å². The Balaban J connectivity index is 0.000000146. The molecule has 2 heterocycles. The first kappa shape index (κ1) is 83.6. The molecule has 2 N–H and O–H groups in total. The average Bonchev–Trinajstić information content (AvgIpc) is 1.18. The topological polar surface area (TPSA) is 39.3 Å². The van der Waals surface area contributed by atoms with Gasteiger partial charge in [0.15, 0.2) is 0 Å². The summed E-state index contributed by atoms with van der Waals surface area (Å²) in [6.45, 7) is 21.2. The number of aliphatic hydroxyl groups is 1. The van der Waals surface area contributed by atoms with Crippen LogP contribution < -0.4 is 4.90 Å². The summed E-state index contributed by atoms with van der Waals surface area (Å²) in [5.74, 6) is 0. The van der Waals surface area contributed by atoms with Gasteiger partial charge in [-0.05, 0) is 219 Å². The second-order valence-electron chi connectivity index (χ2n) is 27.9.